The number of carbonyl (C=O) groups excluding carboxylic acids is 2. The van der Waals surface area contributed by atoms with E-state index in [0.29, 0.717) is 0 Å². The summed E-state index contributed by atoms with van der Waals surface area (Å²) in [6.45, 7) is -0.301. The normalized spacial score (nSPS) is 10.2. The minimum atomic E-state index is -0.738. The van der Waals surface area contributed by atoms with E-state index in [4.69, 9.17) is 5.73 Å². The van der Waals surface area contributed by atoms with Crippen LogP contribution in [0.2, 0.25) is 0 Å². The van der Waals surface area contributed by atoms with Gasteiger partial charge in [0.1, 0.15) is 0 Å². The molecule has 0 aliphatic carbocycles. The van der Waals surface area contributed by atoms with Crippen molar-refractivity contribution in [1.82, 2.24) is 0 Å². The first-order valence-corrected chi connectivity index (χ1v) is 4.40. The second-order valence-electron chi connectivity index (χ2n) is 2.74. The number of benzene rings is 1. The number of ether oxygens (including phenoxy) is 1. The van der Waals surface area contributed by atoms with Gasteiger partial charge in [0.05, 0.1) is 6.54 Å². The molecular weight excluding hydrogens is 194 g/mol. The van der Waals surface area contributed by atoms with Gasteiger partial charge in [0.25, 0.3) is 0 Å². The quantitative estimate of drug-likeness (QED) is 0.448. The van der Waals surface area contributed by atoms with E-state index in [1.54, 1.807) is 6.08 Å². The molecule has 15 heavy (non-hydrogen) atoms. The van der Waals surface area contributed by atoms with E-state index in [0.717, 1.165) is 5.56 Å². The van der Waals surface area contributed by atoms with Gasteiger partial charge in [-0.2, -0.15) is 0 Å². The third-order valence-electron chi connectivity index (χ3n) is 1.59. The van der Waals surface area contributed by atoms with Crippen LogP contribution in [0.1, 0.15) is 5.56 Å². The van der Waals surface area contributed by atoms with Crippen LogP contribution in [0.15, 0.2) is 36.4 Å². The Morgan fingerprint density at radius 2 is 1.93 bits per heavy atom. The molecule has 0 saturated heterocycles. The summed E-state index contributed by atoms with van der Waals surface area (Å²) in [6, 6.07) is 9.21. The van der Waals surface area contributed by atoms with Gasteiger partial charge >= 0.3 is 11.9 Å². The summed E-state index contributed by atoms with van der Waals surface area (Å²) in [5.74, 6) is -1.45. The average Bonchev–Trinajstić information content (AvgIpc) is 2.27. The van der Waals surface area contributed by atoms with Crippen LogP contribution in [0.25, 0.3) is 6.08 Å². The standard InChI is InChI=1S/C11H11NO3/c12-8-11(14)15-10(13)7-6-9-4-2-1-3-5-9/h1-7H,8,12H2. The molecule has 0 unspecified atom stereocenters. The Morgan fingerprint density at radius 1 is 1.27 bits per heavy atom. The second kappa shape index (κ2) is 5.72. The zero-order valence-electron chi connectivity index (χ0n) is 8.05. The Labute approximate surface area is 87.3 Å². The molecule has 0 aromatic heterocycles. The molecule has 0 bridgehead atoms. The Balaban J connectivity index is 2.52. The molecule has 2 N–H and O–H groups in total. The lowest BCUT2D eigenvalue weighted by Crippen LogP contribution is -2.19. The van der Waals surface area contributed by atoms with Crippen molar-refractivity contribution in [1.29, 1.82) is 0 Å². The third kappa shape index (κ3) is 4.19. The number of nitrogens with two attached hydrogens (primary N) is 1. The summed E-state index contributed by atoms with van der Waals surface area (Å²) in [5, 5.41) is 0. The largest absolute Gasteiger partial charge is 0.389 e. The maximum Gasteiger partial charge on any atom is 0.338 e. The Morgan fingerprint density at radius 3 is 2.53 bits per heavy atom. The fourth-order valence-electron chi connectivity index (χ4n) is 0.916. The van der Waals surface area contributed by atoms with Gasteiger partial charge in [-0.3, -0.25) is 4.79 Å². The van der Waals surface area contributed by atoms with Crippen molar-refractivity contribution in [3.63, 3.8) is 0 Å². The molecular formula is C11H11NO3. The first-order chi connectivity index (χ1) is 7.22. The maximum atomic E-state index is 11.0. The molecule has 78 valence electrons. The summed E-state index contributed by atoms with van der Waals surface area (Å²) in [5.41, 5.74) is 5.83. The van der Waals surface area contributed by atoms with Crippen molar-refractivity contribution >= 4 is 18.0 Å². The molecule has 0 saturated carbocycles. The minimum Gasteiger partial charge on any atom is -0.389 e. The van der Waals surface area contributed by atoms with Crippen LogP contribution in [0.4, 0.5) is 0 Å². The lowest BCUT2D eigenvalue weighted by molar-refractivity contribution is -0.154. The fraction of sp³-hybridized carbons (Fsp3) is 0.0909. The first-order valence-electron chi connectivity index (χ1n) is 4.40. The zero-order chi connectivity index (χ0) is 11.1. The number of hydrogen-bond acceptors (Lipinski definition) is 4. The maximum absolute atomic E-state index is 11.0. The lowest BCUT2D eigenvalue weighted by atomic mass is 10.2. The van der Waals surface area contributed by atoms with Gasteiger partial charge in [0.15, 0.2) is 0 Å². The fourth-order valence-corrected chi connectivity index (χ4v) is 0.916. The monoisotopic (exact) mass is 205 g/mol. The number of rotatable bonds is 3. The van der Waals surface area contributed by atoms with Crippen LogP contribution in [0.5, 0.6) is 0 Å². The van der Waals surface area contributed by atoms with E-state index in [-0.39, 0.29) is 6.54 Å². The van der Waals surface area contributed by atoms with Crippen LogP contribution in [0, 0.1) is 0 Å². The van der Waals surface area contributed by atoms with Gasteiger partial charge in [-0.15, -0.1) is 0 Å². The minimum absolute atomic E-state index is 0.301. The average molecular weight is 205 g/mol. The smallest absolute Gasteiger partial charge is 0.338 e. The molecule has 1 aromatic rings. The van der Waals surface area contributed by atoms with E-state index in [1.165, 1.54) is 6.08 Å². The van der Waals surface area contributed by atoms with Crippen LogP contribution in [-0.2, 0) is 14.3 Å². The predicted molar refractivity (Wildman–Crippen MR) is 55.6 cm³/mol. The molecule has 0 amide bonds. The summed E-state index contributed by atoms with van der Waals surface area (Å²) in [7, 11) is 0. The molecule has 0 heterocycles. The van der Waals surface area contributed by atoms with Crippen LogP contribution in [-0.4, -0.2) is 18.5 Å². The van der Waals surface area contributed by atoms with E-state index in [2.05, 4.69) is 4.74 Å². The number of carbonyl (C=O) groups is 2. The van der Waals surface area contributed by atoms with Crippen molar-refractivity contribution in [3.8, 4) is 0 Å². The van der Waals surface area contributed by atoms with Gasteiger partial charge in [-0.1, -0.05) is 30.3 Å². The molecule has 4 nitrogen and oxygen atoms in total. The van der Waals surface area contributed by atoms with Crippen molar-refractivity contribution in [2.45, 2.75) is 0 Å². The molecule has 0 atom stereocenters. The lowest BCUT2D eigenvalue weighted by Gasteiger charge is -1.95. The van der Waals surface area contributed by atoms with Gasteiger partial charge in [-0.25, -0.2) is 4.79 Å². The summed E-state index contributed by atoms with van der Waals surface area (Å²) in [4.78, 5) is 21.6. The van der Waals surface area contributed by atoms with Crippen LogP contribution >= 0.6 is 0 Å². The van der Waals surface area contributed by atoms with E-state index in [9.17, 15) is 9.59 Å². The summed E-state index contributed by atoms with van der Waals surface area (Å²) >= 11 is 0. The molecule has 0 spiro atoms. The SMILES string of the molecule is NCC(=O)OC(=O)C=Cc1ccccc1. The molecule has 1 aromatic carbocycles. The van der Waals surface area contributed by atoms with Gasteiger partial charge < -0.3 is 10.5 Å². The third-order valence-corrected chi connectivity index (χ3v) is 1.59. The van der Waals surface area contributed by atoms with Crippen molar-refractivity contribution < 1.29 is 14.3 Å². The summed E-state index contributed by atoms with van der Waals surface area (Å²) < 4.78 is 4.33. The van der Waals surface area contributed by atoms with Gasteiger partial charge in [0, 0.05) is 6.08 Å². The molecule has 0 aliphatic rings. The molecule has 1 rings (SSSR count). The second-order valence-corrected chi connectivity index (χ2v) is 2.74. The van der Waals surface area contributed by atoms with Crippen molar-refractivity contribution in [3.05, 3.63) is 42.0 Å². The van der Waals surface area contributed by atoms with Crippen molar-refractivity contribution in [2.24, 2.45) is 5.73 Å². The molecule has 0 aliphatic heterocycles. The molecule has 0 radical (unpaired) electrons. The highest BCUT2D eigenvalue weighted by atomic mass is 16.6. The van der Waals surface area contributed by atoms with E-state index < -0.39 is 11.9 Å². The highest BCUT2D eigenvalue weighted by Gasteiger charge is 2.03. The van der Waals surface area contributed by atoms with Crippen LogP contribution in [0.3, 0.4) is 0 Å². The van der Waals surface area contributed by atoms with Gasteiger partial charge in [0.2, 0.25) is 0 Å². The highest BCUT2D eigenvalue weighted by Crippen LogP contribution is 2.00. The summed E-state index contributed by atoms with van der Waals surface area (Å²) in [6.07, 6.45) is 2.75. The molecule has 4 heteroatoms. The molecule has 0 fully saturated rings. The predicted octanol–water partition coefficient (Wildman–Crippen LogP) is 0.728. The van der Waals surface area contributed by atoms with Crippen molar-refractivity contribution in [2.75, 3.05) is 6.54 Å². The Kier molecular flexibility index (Phi) is 4.25. The topological polar surface area (TPSA) is 69.4 Å². The first kappa shape index (κ1) is 11.1. The van der Waals surface area contributed by atoms with Gasteiger partial charge in [-0.05, 0) is 11.6 Å². The van der Waals surface area contributed by atoms with E-state index >= 15 is 0 Å². The zero-order valence-corrected chi connectivity index (χ0v) is 8.05. The van der Waals surface area contributed by atoms with Crippen LogP contribution < -0.4 is 5.73 Å². The Bertz CT molecular complexity index is 371. The van der Waals surface area contributed by atoms with E-state index in [1.807, 2.05) is 30.3 Å². The highest BCUT2D eigenvalue weighted by molar-refractivity contribution is 5.95. The Hall–Kier alpha value is -1.94. The number of esters is 2. The number of hydrogen-bond donors (Lipinski definition) is 1.